The molecule has 1 aliphatic carbocycles. The number of carbonyl (C=O) groups excluding carboxylic acids is 1. The van der Waals surface area contributed by atoms with Crippen LogP contribution in [0.5, 0.6) is 0 Å². The van der Waals surface area contributed by atoms with Gasteiger partial charge < -0.3 is 9.80 Å². The predicted molar refractivity (Wildman–Crippen MR) is 141 cm³/mol. The molecule has 35 heavy (non-hydrogen) atoms. The first-order valence-electron chi connectivity index (χ1n) is 13.5. The molecule has 6 rings (SSSR count). The van der Waals surface area contributed by atoms with Gasteiger partial charge in [0, 0.05) is 62.1 Å². The van der Waals surface area contributed by atoms with Crippen molar-refractivity contribution in [2.24, 2.45) is 5.92 Å². The van der Waals surface area contributed by atoms with E-state index < -0.39 is 0 Å². The molecule has 2 aromatic heterocycles. The molecule has 2 saturated heterocycles. The van der Waals surface area contributed by atoms with Gasteiger partial charge in [0.2, 0.25) is 5.91 Å². The Kier molecular flexibility index (Phi) is 6.01. The van der Waals surface area contributed by atoms with Gasteiger partial charge in [-0.1, -0.05) is 30.7 Å². The van der Waals surface area contributed by atoms with Crippen molar-refractivity contribution in [1.82, 2.24) is 19.4 Å². The number of hydrogen-bond donors (Lipinski definition) is 0. The molecule has 2 aliphatic heterocycles. The van der Waals surface area contributed by atoms with Crippen molar-refractivity contribution < 1.29 is 4.79 Å². The fraction of sp³-hybridized carbons (Fsp3) is 0.517. The minimum Gasteiger partial charge on any atom is -0.366 e. The zero-order valence-electron chi connectivity index (χ0n) is 21.1. The highest BCUT2D eigenvalue weighted by atomic mass is 16.2. The lowest BCUT2D eigenvalue weighted by Gasteiger charge is -2.39. The van der Waals surface area contributed by atoms with E-state index in [0.29, 0.717) is 23.9 Å². The van der Waals surface area contributed by atoms with Crippen molar-refractivity contribution in [3.05, 3.63) is 54.4 Å². The lowest BCUT2D eigenvalue weighted by molar-refractivity contribution is -0.132. The Morgan fingerprint density at radius 3 is 2.40 bits per heavy atom. The van der Waals surface area contributed by atoms with Crippen molar-refractivity contribution in [2.75, 3.05) is 37.6 Å². The second kappa shape index (κ2) is 9.30. The molecule has 6 nitrogen and oxygen atoms in total. The van der Waals surface area contributed by atoms with Gasteiger partial charge >= 0.3 is 0 Å². The van der Waals surface area contributed by atoms with Gasteiger partial charge in [-0.3, -0.25) is 9.69 Å². The molecule has 1 aromatic carbocycles. The van der Waals surface area contributed by atoms with Gasteiger partial charge in [-0.2, -0.15) is 5.10 Å². The number of benzene rings is 1. The Morgan fingerprint density at radius 2 is 1.69 bits per heavy atom. The molecule has 0 N–H and O–H groups in total. The monoisotopic (exact) mass is 471 g/mol. The summed E-state index contributed by atoms with van der Waals surface area (Å²) in [5, 5.41) is 4.60. The number of nitrogens with zero attached hydrogens (tertiary/aromatic N) is 5. The zero-order valence-corrected chi connectivity index (χ0v) is 21.1. The fourth-order valence-electron chi connectivity index (χ4n) is 6.01. The zero-order chi connectivity index (χ0) is 23.9. The third-order valence-electron chi connectivity index (χ3n) is 8.18. The molecule has 3 aliphatic rings. The van der Waals surface area contributed by atoms with Gasteiger partial charge in [-0.15, -0.1) is 0 Å². The van der Waals surface area contributed by atoms with E-state index in [9.17, 15) is 4.79 Å². The number of likely N-dealkylation sites (tertiary alicyclic amines) is 1. The van der Waals surface area contributed by atoms with E-state index in [1.807, 2.05) is 10.7 Å². The number of amides is 1. The normalized spacial score (nSPS) is 21.7. The maximum absolute atomic E-state index is 12.4. The van der Waals surface area contributed by atoms with Crippen LogP contribution in [0.1, 0.15) is 57.6 Å². The van der Waals surface area contributed by atoms with E-state index in [4.69, 9.17) is 0 Å². The number of anilines is 1. The molecule has 3 aromatic rings. The highest BCUT2D eigenvalue weighted by Gasteiger charge is 2.34. The van der Waals surface area contributed by atoms with Crippen LogP contribution >= 0.6 is 0 Å². The van der Waals surface area contributed by atoms with Gasteiger partial charge in [0.05, 0.1) is 11.2 Å². The summed E-state index contributed by atoms with van der Waals surface area (Å²) in [6, 6.07) is 14.7. The molecular weight excluding hydrogens is 434 g/mol. The Hall–Kier alpha value is -2.86. The largest absolute Gasteiger partial charge is 0.366 e. The van der Waals surface area contributed by atoms with E-state index in [1.165, 1.54) is 48.2 Å². The maximum Gasteiger partial charge on any atom is 0.225 e. The number of carbonyl (C=O) groups is 1. The summed E-state index contributed by atoms with van der Waals surface area (Å²) in [6.07, 6.45) is 10.1. The summed E-state index contributed by atoms with van der Waals surface area (Å²) < 4.78 is 2.00. The SMILES string of the molecule is CC(C)N1CCCCC1c1ccc(-c2cc3c(N4CCN(C(=O)C5CC5)CC4)ccnn3c2)cc1. The maximum atomic E-state index is 12.4. The lowest BCUT2D eigenvalue weighted by Crippen LogP contribution is -2.49. The first kappa shape index (κ1) is 22.6. The van der Waals surface area contributed by atoms with Crippen LogP contribution in [-0.2, 0) is 4.79 Å². The summed E-state index contributed by atoms with van der Waals surface area (Å²) in [6.45, 7) is 9.21. The summed E-state index contributed by atoms with van der Waals surface area (Å²) in [5.74, 6) is 0.669. The third-order valence-corrected chi connectivity index (χ3v) is 8.18. The molecular formula is C29H37N5O. The molecule has 0 spiro atoms. The Bertz CT molecular complexity index is 1190. The first-order chi connectivity index (χ1) is 17.1. The standard InChI is InChI=1S/C29H37N5O/c1-21(2)33-14-4-3-5-26(33)23-8-6-22(7-9-23)25-19-28-27(12-13-30-34(28)20-25)31-15-17-32(18-16-31)29(35)24-10-11-24/h6-9,12-13,19-21,24,26H,3-5,10-11,14-18H2,1-2H3. The molecule has 6 heteroatoms. The van der Waals surface area contributed by atoms with Gasteiger partial charge in [0.15, 0.2) is 0 Å². The number of piperidine rings is 1. The molecule has 4 heterocycles. The van der Waals surface area contributed by atoms with Gasteiger partial charge in [-0.05, 0) is 69.3 Å². The number of hydrogen-bond acceptors (Lipinski definition) is 4. The average Bonchev–Trinajstić information content (AvgIpc) is 3.66. The molecule has 1 amide bonds. The van der Waals surface area contributed by atoms with Crippen LogP contribution in [0.2, 0.25) is 0 Å². The van der Waals surface area contributed by atoms with Crippen LogP contribution in [0, 0.1) is 5.92 Å². The molecule has 1 saturated carbocycles. The number of piperazine rings is 1. The third kappa shape index (κ3) is 4.44. The fourth-order valence-corrected chi connectivity index (χ4v) is 6.01. The van der Waals surface area contributed by atoms with Crippen molar-refractivity contribution >= 4 is 17.1 Å². The van der Waals surface area contributed by atoms with Crippen LogP contribution in [0.3, 0.4) is 0 Å². The van der Waals surface area contributed by atoms with Crippen LogP contribution in [0.25, 0.3) is 16.6 Å². The number of rotatable bonds is 5. The van der Waals surface area contributed by atoms with Crippen molar-refractivity contribution in [3.63, 3.8) is 0 Å². The van der Waals surface area contributed by atoms with E-state index in [0.717, 1.165) is 44.5 Å². The van der Waals surface area contributed by atoms with E-state index >= 15 is 0 Å². The molecule has 3 fully saturated rings. The minimum atomic E-state index is 0.306. The van der Waals surface area contributed by atoms with E-state index in [-0.39, 0.29) is 0 Å². The highest BCUT2D eigenvalue weighted by molar-refractivity contribution is 5.82. The highest BCUT2D eigenvalue weighted by Crippen LogP contribution is 2.35. The van der Waals surface area contributed by atoms with Crippen LogP contribution in [0.15, 0.2) is 48.8 Å². The summed E-state index contributed by atoms with van der Waals surface area (Å²) >= 11 is 0. The van der Waals surface area contributed by atoms with E-state index in [2.05, 4.69) is 76.2 Å². The van der Waals surface area contributed by atoms with Crippen LogP contribution in [-0.4, -0.2) is 64.1 Å². The minimum absolute atomic E-state index is 0.306. The predicted octanol–water partition coefficient (Wildman–Crippen LogP) is 5.00. The van der Waals surface area contributed by atoms with Crippen molar-refractivity contribution in [2.45, 2.75) is 58.0 Å². The molecule has 0 bridgehead atoms. The smallest absolute Gasteiger partial charge is 0.225 e. The summed E-state index contributed by atoms with van der Waals surface area (Å²) in [5.41, 5.74) is 6.20. The van der Waals surface area contributed by atoms with E-state index in [1.54, 1.807) is 0 Å². The van der Waals surface area contributed by atoms with Gasteiger partial charge in [0.1, 0.15) is 0 Å². The molecule has 1 atom stereocenters. The Morgan fingerprint density at radius 1 is 0.914 bits per heavy atom. The van der Waals surface area contributed by atoms with Crippen LogP contribution < -0.4 is 4.90 Å². The second-order valence-electron chi connectivity index (χ2n) is 10.8. The molecule has 1 unspecified atom stereocenters. The van der Waals surface area contributed by atoms with Crippen molar-refractivity contribution in [1.29, 1.82) is 0 Å². The van der Waals surface area contributed by atoms with Gasteiger partial charge in [0.25, 0.3) is 0 Å². The number of fused-ring (bicyclic) bond motifs is 1. The second-order valence-corrected chi connectivity index (χ2v) is 10.8. The molecule has 184 valence electrons. The molecule has 0 radical (unpaired) electrons. The Labute approximate surface area is 208 Å². The topological polar surface area (TPSA) is 44.1 Å². The Balaban J connectivity index is 1.21. The van der Waals surface area contributed by atoms with Gasteiger partial charge in [-0.25, -0.2) is 4.52 Å². The van der Waals surface area contributed by atoms with Crippen molar-refractivity contribution in [3.8, 4) is 11.1 Å². The first-order valence-corrected chi connectivity index (χ1v) is 13.5. The summed E-state index contributed by atoms with van der Waals surface area (Å²) in [4.78, 5) is 19.6. The lowest BCUT2D eigenvalue weighted by atomic mass is 9.93. The summed E-state index contributed by atoms with van der Waals surface area (Å²) in [7, 11) is 0. The van der Waals surface area contributed by atoms with Crippen LogP contribution in [0.4, 0.5) is 5.69 Å². The quantitative estimate of drug-likeness (QED) is 0.526. The average molecular weight is 472 g/mol. The number of aromatic nitrogens is 2.